The maximum absolute atomic E-state index is 8.84. The van der Waals surface area contributed by atoms with E-state index in [0.717, 1.165) is 11.5 Å². The summed E-state index contributed by atoms with van der Waals surface area (Å²) in [5, 5.41) is 16.0. The first kappa shape index (κ1) is 9.33. The molecule has 1 aromatic heterocycles. The number of nitriles is 1. The lowest BCUT2D eigenvalue weighted by atomic mass is 10.2. The largest absolute Gasteiger partial charge is 0.366 e. The van der Waals surface area contributed by atoms with Gasteiger partial charge in [-0.15, -0.1) is 6.58 Å². The number of hydrogen-bond acceptors (Lipinski definition) is 3. The van der Waals surface area contributed by atoms with Crippen LogP contribution in [-0.2, 0) is 7.05 Å². The molecular weight excluding hydrogens is 164 g/mol. The molecule has 0 aromatic carbocycles. The minimum atomic E-state index is 0.601. The molecule has 1 N–H and O–H groups in total. The van der Waals surface area contributed by atoms with Crippen LogP contribution in [0.1, 0.15) is 11.3 Å². The predicted molar refractivity (Wildman–Crippen MR) is 51.3 cm³/mol. The predicted octanol–water partition coefficient (Wildman–Crippen LogP) is 1.20. The molecule has 4 heteroatoms. The van der Waals surface area contributed by atoms with Gasteiger partial charge in [-0.25, -0.2) is 0 Å². The molecule has 1 heterocycles. The van der Waals surface area contributed by atoms with Crippen molar-refractivity contribution in [1.82, 2.24) is 9.78 Å². The second-order valence-corrected chi connectivity index (χ2v) is 2.71. The van der Waals surface area contributed by atoms with Crippen molar-refractivity contribution < 1.29 is 0 Å². The highest BCUT2D eigenvalue weighted by molar-refractivity contribution is 5.55. The molecular formula is C9H12N4. The summed E-state index contributed by atoms with van der Waals surface area (Å²) >= 11 is 0. The molecule has 68 valence electrons. The molecule has 1 rings (SSSR count). The number of nitrogens with zero attached hydrogens (tertiary/aromatic N) is 3. The van der Waals surface area contributed by atoms with Crippen molar-refractivity contribution in [2.75, 3.05) is 11.9 Å². The van der Waals surface area contributed by atoms with Gasteiger partial charge >= 0.3 is 0 Å². The Morgan fingerprint density at radius 2 is 2.46 bits per heavy atom. The standard InChI is InChI=1S/C9H12N4/c1-4-5-11-9-8(6-10)7(2)12-13(9)3/h4,11H,1,5H2,2-3H3. The normalized spacial score (nSPS) is 9.31. The summed E-state index contributed by atoms with van der Waals surface area (Å²) in [4.78, 5) is 0. The Bertz CT molecular complexity index is 356. The number of aromatic nitrogens is 2. The second-order valence-electron chi connectivity index (χ2n) is 2.71. The van der Waals surface area contributed by atoms with Gasteiger partial charge in [-0.05, 0) is 6.92 Å². The zero-order chi connectivity index (χ0) is 9.84. The first-order valence-corrected chi connectivity index (χ1v) is 3.99. The fraction of sp³-hybridized carbons (Fsp3) is 0.333. The Morgan fingerprint density at radius 1 is 1.77 bits per heavy atom. The van der Waals surface area contributed by atoms with Crippen molar-refractivity contribution in [2.24, 2.45) is 7.05 Å². The molecule has 0 saturated carbocycles. The van der Waals surface area contributed by atoms with Crippen molar-refractivity contribution in [2.45, 2.75) is 6.92 Å². The molecule has 0 amide bonds. The van der Waals surface area contributed by atoms with E-state index in [0.29, 0.717) is 12.1 Å². The van der Waals surface area contributed by atoms with Gasteiger partial charge in [0.15, 0.2) is 0 Å². The molecule has 0 unspecified atom stereocenters. The summed E-state index contributed by atoms with van der Waals surface area (Å²) < 4.78 is 1.66. The van der Waals surface area contributed by atoms with Crippen molar-refractivity contribution in [1.29, 1.82) is 5.26 Å². The van der Waals surface area contributed by atoms with E-state index in [1.165, 1.54) is 0 Å². The third kappa shape index (κ3) is 1.70. The Kier molecular flexibility index (Phi) is 2.70. The second kappa shape index (κ2) is 3.76. The molecule has 4 nitrogen and oxygen atoms in total. The van der Waals surface area contributed by atoms with E-state index in [9.17, 15) is 0 Å². The van der Waals surface area contributed by atoms with Gasteiger partial charge in [0.1, 0.15) is 17.5 Å². The van der Waals surface area contributed by atoms with Crippen LogP contribution in [-0.4, -0.2) is 16.3 Å². The maximum atomic E-state index is 8.84. The van der Waals surface area contributed by atoms with E-state index in [1.807, 2.05) is 6.92 Å². The highest BCUT2D eigenvalue weighted by Crippen LogP contribution is 2.16. The van der Waals surface area contributed by atoms with Gasteiger partial charge in [0.25, 0.3) is 0 Å². The van der Waals surface area contributed by atoms with Gasteiger partial charge in [-0.2, -0.15) is 10.4 Å². The van der Waals surface area contributed by atoms with Gasteiger partial charge in [0.05, 0.1) is 5.69 Å². The van der Waals surface area contributed by atoms with Crippen molar-refractivity contribution >= 4 is 5.82 Å². The topological polar surface area (TPSA) is 53.6 Å². The number of aryl methyl sites for hydroxylation is 2. The smallest absolute Gasteiger partial charge is 0.142 e. The molecule has 0 spiro atoms. The third-order valence-corrected chi connectivity index (χ3v) is 1.75. The van der Waals surface area contributed by atoms with Crippen molar-refractivity contribution in [3.63, 3.8) is 0 Å². The summed E-state index contributed by atoms with van der Waals surface area (Å²) in [6.45, 7) is 6.04. The molecule has 0 radical (unpaired) electrons. The van der Waals surface area contributed by atoms with Crippen molar-refractivity contribution in [3.05, 3.63) is 23.9 Å². The molecule has 0 atom stereocenters. The lowest BCUT2D eigenvalue weighted by molar-refractivity contribution is 0.761. The van der Waals surface area contributed by atoms with E-state index < -0.39 is 0 Å². The van der Waals surface area contributed by atoms with Gasteiger partial charge in [0, 0.05) is 13.6 Å². The lowest BCUT2D eigenvalue weighted by Crippen LogP contribution is -2.05. The average molecular weight is 176 g/mol. The zero-order valence-corrected chi connectivity index (χ0v) is 7.83. The van der Waals surface area contributed by atoms with E-state index in [4.69, 9.17) is 5.26 Å². The average Bonchev–Trinajstić information content (AvgIpc) is 2.37. The van der Waals surface area contributed by atoms with Crippen LogP contribution < -0.4 is 5.32 Å². The highest BCUT2D eigenvalue weighted by Gasteiger charge is 2.10. The monoisotopic (exact) mass is 176 g/mol. The van der Waals surface area contributed by atoms with Crippen LogP contribution in [0.15, 0.2) is 12.7 Å². The Hall–Kier alpha value is -1.76. The van der Waals surface area contributed by atoms with E-state index in [1.54, 1.807) is 17.8 Å². The number of anilines is 1. The van der Waals surface area contributed by atoms with Crippen LogP contribution in [0, 0.1) is 18.3 Å². The van der Waals surface area contributed by atoms with Crippen LogP contribution >= 0.6 is 0 Å². The van der Waals surface area contributed by atoms with Gasteiger partial charge < -0.3 is 5.32 Å². The molecule has 13 heavy (non-hydrogen) atoms. The number of rotatable bonds is 3. The van der Waals surface area contributed by atoms with Gasteiger partial charge in [-0.1, -0.05) is 6.08 Å². The summed E-state index contributed by atoms with van der Waals surface area (Å²) in [6, 6.07) is 2.11. The molecule has 0 saturated heterocycles. The Balaban J connectivity index is 3.04. The fourth-order valence-electron chi connectivity index (χ4n) is 1.16. The first-order valence-electron chi connectivity index (χ1n) is 3.99. The van der Waals surface area contributed by atoms with Gasteiger partial charge in [0.2, 0.25) is 0 Å². The number of nitrogens with one attached hydrogen (secondary N) is 1. The van der Waals surface area contributed by atoms with E-state index in [-0.39, 0.29) is 0 Å². The molecule has 0 aliphatic rings. The molecule has 0 fully saturated rings. The molecule has 1 aromatic rings. The van der Waals surface area contributed by atoms with Crippen LogP contribution in [0.4, 0.5) is 5.82 Å². The van der Waals surface area contributed by atoms with Crippen LogP contribution in [0.2, 0.25) is 0 Å². The highest BCUT2D eigenvalue weighted by atomic mass is 15.3. The SMILES string of the molecule is C=CCNc1c(C#N)c(C)nn1C. The summed E-state index contributed by atoms with van der Waals surface area (Å²) in [7, 11) is 1.80. The summed E-state index contributed by atoms with van der Waals surface area (Å²) in [6.07, 6.45) is 1.74. The van der Waals surface area contributed by atoms with Crippen LogP contribution in [0.3, 0.4) is 0 Å². The van der Waals surface area contributed by atoms with E-state index in [2.05, 4.69) is 23.1 Å². The van der Waals surface area contributed by atoms with Crippen LogP contribution in [0.5, 0.6) is 0 Å². The fourth-order valence-corrected chi connectivity index (χ4v) is 1.16. The van der Waals surface area contributed by atoms with Gasteiger partial charge in [-0.3, -0.25) is 4.68 Å². The minimum absolute atomic E-state index is 0.601. The summed E-state index contributed by atoms with van der Waals surface area (Å²) in [5.41, 5.74) is 1.35. The van der Waals surface area contributed by atoms with Crippen molar-refractivity contribution in [3.8, 4) is 6.07 Å². The van der Waals surface area contributed by atoms with E-state index >= 15 is 0 Å². The molecule has 0 bridgehead atoms. The first-order chi connectivity index (χ1) is 6.20. The quantitative estimate of drug-likeness (QED) is 0.704. The maximum Gasteiger partial charge on any atom is 0.142 e. The minimum Gasteiger partial charge on any atom is -0.366 e. The third-order valence-electron chi connectivity index (χ3n) is 1.75. The van der Waals surface area contributed by atoms with Crippen LogP contribution in [0.25, 0.3) is 0 Å². The Morgan fingerprint density at radius 3 is 3.00 bits per heavy atom. The zero-order valence-electron chi connectivity index (χ0n) is 7.83. The molecule has 0 aliphatic carbocycles. The summed E-state index contributed by atoms with van der Waals surface area (Å²) in [5.74, 6) is 0.750. The Labute approximate surface area is 77.5 Å². The lowest BCUT2D eigenvalue weighted by Gasteiger charge is -2.02. The molecule has 0 aliphatic heterocycles. The number of hydrogen-bond donors (Lipinski definition) is 1.